The van der Waals surface area contributed by atoms with Gasteiger partial charge in [-0.25, -0.2) is 0 Å². The fourth-order valence-electron chi connectivity index (χ4n) is 1.10. The molecule has 0 amide bonds. The molecule has 1 aromatic rings. The van der Waals surface area contributed by atoms with E-state index in [0.29, 0.717) is 5.96 Å². The smallest absolute Gasteiger partial charge is 0.204 e. The largest absolute Gasteiger partial charge is 0.355 e. The molecule has 18 heavy (non-hydrogen) atoms. The van der Waals surface area contributed by atoms with Crippen LogP contribution in [0.5, 0.6) is 0 Å². The van der Waals surface area contributed by atoms with Crippen LogP contribution in [0.4, 0.5) is 0 Å². The van der Waals surface area contributed by atoms with Crippen molar-refractivity contribution in [2.45, 2.75) is 6.04 Å². The normalized spacial score (nSPS) is 12.8. The van der Waals surface area contributed by atoms with Gasteiger partial charge >= 0.3 is 0 Å². The van der Waals surface area contributed by atoms with Crippen molar-refractivity contribution in [3.63, 3.8) is 0 Å². The van der Waals surface area contributed by atoms with Crippen molar-refractivity contribution in [2.24, 2.45) is 10.7 Å². The van der Waals surface area contributed by atoms with E-state index in [9.17, 15) is 0 Å². The van der Waals surface area contributed by atoms with E-state index in [4.69, 9.17) is 11.0 Å². The van der Waals surface area contributed by atoms with Crippen molar-refractivity contribution in [1.82, 2.24) is 20.8 Å². The summed E-state index contributed by atoms with van der Waals surface area (Å²) in [4.78, 5) is 3.87. The Bertz CT molecular complexity index is 398. The highest BCUT2D eigenvalue weighted by Gasteiger charge is 2.08. The number of hydrogen-bond acceptors (Lipinski definition) is 7. The van der Waals surface area contributed by atoms with E-state index in [-0.39, 0.29) is 6.04 Å². The Morgan fingerprint density at radius 2 is 2.61 bits per heavy atom. The molecule has 9 heteroatoms. The molecule has 98 valence electrons. The maximum Gasteiger partial charge on any atom is 0.204 e. The monoisotopic (exact) mass is 285 g/mol. The van der Waals surface area contributed by atoms with Gasteiger partial charge in [-0.1, -0.05) is 0 Å². The van der Waals surface area contributed by atoms with Crippen LogP contribution in [0.2, 0.25) is 0 Å². The number of nitrogens with zero attached hydrogens (tertiary/aromatic N) is 4. The first-order valence-corrected chi connectivity index (χ1v) is 7.26. The zero-order chi connectivity index (χ0) is 13.2. The molecule has 4 N–H and O–H groups in total. The number of hydrogen-bond donors (Lipinski definition) is 3. The topological polar surface area (TPSA) is 112 Å². The molecule has 0 spiro atoms. The zero-order valence-corrected chi connectivity index (χ0v) is 11.6. The number of nitrogens with two attached hydrogens (primary N) is 1. The Kier molecular flexibility index (Phi) is 7.09. The van der Waals surface area contributed by atoms with E-state index in [0.717, 1.165) is 23.1 Å². The van der Waals surface area contributed by atoms with E-state index in [1.54, 1.807) is 24.3 Å². The molecule has 1 heterocycles. The highest BCUT2D eigenvalue weighted by atomic mass is 32.2. The first-order valence-electron chi connectivity index (χ1n) is 5.23. The predicted octanol–water partition coefficient (Wildman–Crippen LogP) is -0.0828. The molecule has 0 saturated heterocycles. The Morgan fingerprint density at radius 3 is 3.22 bits per heavy atom. The van der Waals surface area contributed by atoms with Crippen molar-refractivity contribution < 1.29 is 0 Å². The average molecular weight is 285 g/mol. The minimum absolute atomic E-state index is 0.0703. The van der Waals surface area contributed by atoms with E-state index in [1.807, 2.05) is 6.19 Å². The summed E-state index contributed by atoms with van der Waals surface area (Å²) in [6.07, 6.45) is 1.81. The Morgan fingerprint density at radius 1 is 1.78 bits per heavy atom. The first kappa shape index (κ1) is 14.7. The standard InChI is InChI=1S/C9H15N7S2/c1-12-9(14-5-10)13-2-3-17-4-7(11)8-16-15-6-18-8/h6-7H,2-4,11H2,1H3,(H2,12,13,14). The average Bonchev–Trinajstić information content (AvgIpc) is 2.90. The van der Waals surface area contributed by atoms with Gasteiger partial charge < -0.3 is 11.1 Å². The summed E-state index contributed by atoms with van der Waals surface area (Å²) < 4.78 is 0. The van der Waals surface area contributed by atoms with E-state index >= 15 is 0 Å². The van der Waals surface area contributed by atoms with Crippen molar-refractivity contribution in [3.8, 4) is 6.19 Å². The van der Waals surface area contributed by atoms with E-state index in [1.165, 1.54) is 11.3 Å². The summed E-state index contributed by atoms with van der Waals surface area (Å²) in [5.41, 5.74) is 7.62. The molecule has 1 unspecified atom stereocenters. The van der Waals surface area contributed by atoms with E-state index < -0.39 is 0 Å². The van der Waals surface area contributed by atoms with Gasteiger partial charge in [-0.3, -0.25) is 10.3 Å². The number of aromatic nitrogens is 2. The van der Waals surface area contributed by atoms with Gasteiger partial charge in [-0.15, -0.1) is 21.5 Å². The lowest BCUT2D eigenvalue weighted by Gasteiger charge is -2.09. The van der Waals surface area contributed by atoms with E-state index in [2.05, 4.69) is 25.8 Å². The van der Waals surface area contributed by atoms with Gasteiger partial charge in [-0.05, 0) is 0 Å². The predicted molar refractivity (Wildman–Crippen MR) is 74.3 cm³/mol. The minimum atomic E-state index is -0.0703. The quantitative estimate of drug-likeness (QED) is 0.220. The molecular formula is C9H15N7S2. The van der Waals surface area contributed by atoms with Gasteiger partial charge in [-0.2, -0.15) is 17.0 Å². The van der Waals surface area contributed by atoms with Crippen LogP contribution in [0.3, 0.4) is 0 Å². The fourth-order valence-corrected chi connectivity index (χ4v) is 2.58. The van der Waals surface area contributed by atoms with Crippen LogP contribution in [0.1, 0.15) is 11.0 Å². The maximum atomic E-state index is 8.43. The summed E-state index contributed by atoms with van der Waals surface area (Å²) in [7, 11) is 1.62. The number of thioether (sulfide) groups is 1. The highest BCUT2D eigenvalue weighted by molar-refractivity contribution is 7.99. The van der Waals surface area contributed by atoms with Gasteiger partial charge in [0, 0.05) is 25.1 Å². The zero-order valence-electron chi connectivity index (χ0n) is 9.96. The van der Waals surface area contributed by atoms with Gasteiger partial charge in [0.05, 0.1) is 6.04 Å². The first-order chi connectivity index (χ1) is 8.77. The third-order valence-electron chi connectivity index (χ3n) is 1.93. The van der Waals surface area contributed by atoms with Crippen LogP contribution in [0.15, 0.2) is 10.5 Å². The van der Waals surface area contributed by atoms with Gasteiger partial charge in [0.1, 0.15) is 10.5 Å². The maximum absolute atomic E-state index is 8.43. The Hall–Kier alpha value is -1.37. The summed E-state index contributed by atoms with van der Waals surface area (Å²) >= 11 is 3.18. The molecular weight excluding hydrogens is 270 g/mol. The molecule has 0 aliphatic heterocycles. The summed E-state index contributed by atoms with van der Waals surface area (Å²) in [6.45, 7) is 0.717. The number of aliphatic imine (C=N–C) groups is 1. The molecule has 0 aromatic carbocycles. The van der Waals surface area contributed by atoms with Gasteiger partial charge in [0.25, 0.3) is 0 Å². The molecule has 1 rings (SSSR count). The van der Waals surface area contributed by atoms with Crippen molar-refractivity contribution in [1.29, 1.82) is 5.26 Å². The third kappa shape index (κ3) is 5.31. The number of nitriles is 1. The lowest BCUT2D eigenvalue weighted by Crippen LogP contribution is -2.35. The highest BCUT2D eigenvalue weighted by Crippen LogP contribution is 2.16. The molecule has 7 nitrogen and oxygen atoms in total. The van der Waals surface area contributed by atoms with Crippen LogP contribution >= 0.6 is 23.1 Å². The van der Waals surface area contributed by atoms with Gasteiger partial charge in [0.15, 0.2) is 6.19 Å². The Labute approximate surface area is 114 Å². The number of rotatable bonds is 6. The molecule has 0 aliphatic rings. The number of nitrogens with one attached hydrogen (secondary N) is 2. The minimum Gasteiger partial charge on any atom is -0.355 e. The summed E-state index contributed by atoms with van der Waals surface area (Å²) in [5, 5.41) is 22.4. The van der Waals surface area contributed by atoms with Crippen LogP contribution in [-0.4, -0.2) is 41.3 Å². The van der Waals surface area contributed by atoms with Crippen LogP contribution in [0, 0.1) is 11.5 Å². The van der Waals surface area contributed by atoms with Crippen molar-refractivity contribution >= 4 is 29.1 Å². The molecule has 0 saturated carbocycles. The van der Waals surface area contributed by atoms with Crippen molar-refractivity contribution in [2.75, 3.05) is 25.1 Å². The van der Waals surface area contributed by atoms with Crippen LogP contribution < -0.4 is 16.4 Å². The third-order valence-corrected chi connectivity index (χ3v) is 3.84. The molecule has 0 bridgehead atoms. The second-order valence-corrected chi connectivity index (χ2v) is 5.21. The summed E-state index contributed by atoms with van der Waals surface area (Å²) in [5.74, 6) is 2.14. The molecule has 0 aliphatic carbocycles. The SMILES string of the molecule is CN=C(NC#N)NCCSCC(N)c1nncs1. The summed E-state index contributed by atoms with van der Waals surface area (Å²) in [6, 6.07) is -0.0703. The molecule has 1 aromatic heterocycles. The lowest BCUT2D eigenvalue weighted by atomic mass is 10.4. The molecule has 1 atom stereocenters. The van der Waals surface area contributed by atoms with Crippen molar-refractivity contribution in [3.05, 3.63) is 10.5 Å². The van der Waals surface area contributed by atoms with Crippen LogP contribution in [-0.2, 0) is 0 Å². The van der Waals surface area contributed by atoms with Gasteiger partial charge in [0.2, 0.25) is 5.96 Å². The number of guanidine groups is 1. The fraction of sp³-hybridized carbons (Fsp3) is 0.556. The second kappa shape index (κ2) is 8.68. The molecule has 0 radical (unpaired) electrons. The Balaban J connectivity index is 2.10. The van der Waals surface area contributed by atoms with Crippen LogP contribution in [0.25, 0.3) is 0 Å². The molecule has 0 fully saturated rings. The lowest BCUT2D eigenvalue weighted by molar-refractivity contribution is 0.796. The second-order valence-electron chi connectivity index (χ2n) is 3.19.